The van der Waals surface area contributed by atoms with Gasteiger partial charge in [0.05, 0.1) is 6.04 Å². The van der Waals surface area contributed by atoms with Crippen molar-refractivity contribution < 1.29 is 9.90 Å². The summed E-state index contributed by atoms with van der Waals surface area (Å²) in [5.41, 5.74) is 5.63. The quantitative estimate of drug-likeness (QED) is 0.538. The third-order valence-corrected chi connectivity index (χ3v) is 2.51. The van der Waals surface area contributed by atoms with Crippen molar-refractivity contribution in [2.75, 3.05) is 13.2 Å². The van der Waals surface area contributed by atoms with Gasteiger partial charge in [-0.25, -0.2) is 0 Å². The van der Waals surface area contributed by atoms with E-state index in [1.54, 1.807) is 6.08 Å². The van der Waals surface area contributed by atoms with Crippen molar-refractivity contribution in [1.29, 1.82) is 0 Å². The van der Waals surface area contributed by atoms with Crippen molar-refractivity contribution in [3.8, 4) is 0 Å². The Morgan fingerprint density at radius 3 is 2.75 bits per heavy atom. The number of carbonyl (C=O) groups excluding carboxylic acids is 1. The molecule has 1 amide bonds. The Balaban J connectivity index is 3.93. The number of nitrogens with two attached hydrogens (primary N) is 1. The summed E-state index contributed by atoms with van der Waals surface area (Å²) < 4.78 is 0. The zero-order valence-electron chi connectivity index (χ0n) is 10.3. The van der Waals surface area contributed by atoms with Crippen LogP contribution in [0, 0.1) is 5.41 Å². The third kappa shape index (κ3) is 6.58. The molecule has 0 aliphatic heterocycles. The minimum atomic E-state index is -0.508. The average Bonchev–Trinajstić information content (AvgIpc) is 2.23. The molecule has 0 aliphatic carbocycles. The largest absolute Gasteiger partial charge is 0.396 e. The van der Waals surface area contributed by atoms with Crippen LogP contribution >= 0.6 is 0 Å². The smallest absolute Gasteiger partial charge is 0.237 e. The summed E-state index contributed by atoms with van der Waals surface area (Å²) in [4.78, 5) is 11.5. The maximum absolute atomic E-state index is 11.5. The highest BCUT2D eigenvalue weighted by molar-refractivity contribution is 5.81. The fourth-order valence-electron chi connectivity index (χ4n) is 1.39. The lowest BCUT2D eigenvalue weighted by Crippen LogP contribution is -2.43. The Hall–Kier alpha value is -0.870. The molecule has 0 saturated heterocycles. The van der Waals surface area contributed by atoms with Crippen LogP contribution in [0.3, 0.4) is 0 Å². The van der Waals surface area contributed by atoms with Crippen LogP contribution in [-0.4, -0.2) is 30.2 Å². The number of amides is 1. The highest BCUT2D eigenvalue weighted by Gasteiger charge is 2.20. The van der Waals surface area contributed by atoms with E-state index >= 15 is 0 Å². The van der Waals surface area contributed by atoms with Crippen molar-refractivity contribution >= 4 is 5.91 Å². The maximum atomic E-state index is 11.5. The number of aliphatic hydroxyl groups excluding tert-OH is 1. The first-order valence-electron chi connectivity index (χ1n) is 5.68. The van der Waals surface area contributed by atoms with Gasteiger partial charge in [-0.1, -0.05) is 19.9 Å². The van der Waals surface area contributed by atoms with Crippen molar-refractivity contribution in [2.45, 2.75) is 39.2 Å². The molecule has 0 radical (unpaired) electrons. The normalized spacial score (nSPS) is 13.2. The number of aliphatic hydroxyl groups is 1. The van der Waals surface area contributed by atoms with Crippen LogP contribution in [-0.2, 0) is 4.79 Å². The average molecular weight is 228 g/mol. The first kappa shape index (κ1) is 15.1. The van der Waals surface area contributed by atoms with Gasteiger partial charge in [0.25, 0.3) is 0 Å². The van der Waals surface area contributed by atoms with Gasteiger partial charge in [-0.15, -0.1) is 6.58 Å². The second-order valence-corrected chi connectivity index (χ2v) is 4.84. The number of nitrogens with one attached hydrogen (secondary N) is 1. The summed E-state index contributed by atoms with van der Waals surface area (Å²) in [5.74, 6) is -0.142. The molecular weight excluding hydrogens is 204 g/mol. The molecule has 0 saturated carbocycles. The zero-order chi connectivity index (χ0) is 12.6. The van der Waals surface area contributed by atoms with E-state index in [0.29, 0.717) is 13.0 Å². The molecule has 0 spiro atoms. The minimum Gasteiger partial charge on any atom is -0.396 e. The molecule has 0 aromatic heterocycles. The molecule has 0 fully saturated rings. The van der Waals surface area contributed by atoms with Crippen LogP contribution in [0.5, 0.6) is 0 Å². The SMILES string of the molecule is C=CCC(N)C(=O)NCC(C)(C)CCCO. The van der Waals surface area contributed by atoms with Crippen LogP contribution in [0.1, 0.15) is 33.1 Å². The summed E-state index contributed by atoms with van der Waals surface area (Å²) in [5, 5.41) is 11.6. The summed E-state index contributed by atoms with van der Waals surface area (Å²) in [6, 6.07) is -0.508. The highest BCUT2D eigenvalue weighted by atomic mass is 16.2. The van der Waals surface area contributed by atoms with Crippen LogP contribution in [0.2, 0.25) is 0 Å². The van der Waals surface area contributed by atoms with Gasteiger partial charge in [0.15, 0.2) is 0 Å². The molecule has 16 heavy (non-hydrogen) atoms. The van der Waals surface area contributed by atoms with E-state index < -0.39 is 6.04 Å². The maximum Gasteiger partial charge on any atom is 0.237 e. The lowest BCUT2D eigenvalue weighted by atomic mass is 9.88. The number of rotatable bonds is 8. The Labute approximate surface area is 97.9 Å². The lowest BCUT2D eigenvalue weighted by Gasteiger charge is -2.25. The van der Waals surface area contributed by atoms with Gasteiger partial charge in [-0.05, 0) is 24.7 Å². The van der Waals surface area contributed by atoms with Crippen molar-refractivity contribution in [2.24, 2.45) is 11.1 Å². The molecule has 1 unspecified atom stereocenters. The fourth-order valence-corrected chi connectivity index (χ4v) is 1.39. The van der Waals surface area contributed by atoms with Crippen molar-refractivity contribution in [1.82, 2.24) is 5.32 Å². The van der Waals surface area contributed by atoms with Crippen LogP contribution in [0.4, 0.5) is 0 Å². The van der Waals surface area contributed by atoms with E-state index in [0.717, 1.165) is 12.8 Å². The summed E-state index contributed by atoms with van der Waals surface area (Å²) in [6.07, 6.45) is 3.76. The summed E-state index contributed by atoms with van der Waals surface area (Å²) in [6.45, 7) is 8.43. The van der Waals surface area contributed by atoms with Crippen LogP contribution < -0.4 is 11.1 Å². The zero-order valence-corrected chi connectivity index (χ0v) is 10.3. The molecule has 0 bridgehead atoms. The molecule has 4 nitrogen and oxygen atoms in total. The topological polar surface area (TPSA) is 75.4 Å². The van der Waals surface area contributed by atoms with Crippen molar-refractivity contribution in [3.63, 3.8) is 0 Å². The minimum absolute atomic E-state index is 0.00765. The van der Waals surface area contributed by atoms with Gasteiger partial charge in [0.2, 0.25) is 5.91 Å². The molecular formula is C12H24N2O2. The van der Waals surface area contributed by atoms with E-state index in [-0.39, 0.29) is 17.9 Å². The van der Waals surface area contributed by atoms with E-state index in [9.17, 15) is 4.79 Å². The van der Waals surface area contributed by atoms with Gasteiger partial charge in [-0.3, -0.25) is 4.79 Å². The van der Waals surface area contributed by atoms with Gasteiger partial charge in [-0.2, -0.15) is 0 Å². The molecule has 4 heteroatoms. The summed E-state index contributed by atoms with van der Waals surface area (Å²) in [7, 11) is 0. The first-order valence-corrected chi connectivity index (χ1v) is 5.68. The summed E-state index contributed by atoms with van der Waals surface area (Å²) >= 11 is 0. The number of carbonyl (C=O) groups is 1. The molecule has 0 heterocycles. The van der Waals surface area contributed by atoms with Gasteiger partial charge < -0.3 is 16.2 Å². The first-order chi connectivity index (χ1) is 7.43. The van der Waals surface area contributed by atoms with E-state index in [2.05, 4.69) is 25.7 Å². The van der Waals surface area contributed by atoms with Crippen LogP contribution in [0.25, 0.3) is 0 Å². The Morgan fingerprint density at radius 2 is 2.25 bits per heavy atom. The van der Waals surface area contributed by atoms with Gasteiger partial charge >= 0.3 is 0 Å². The molecule has 94 valence electrons. The van der Waals surface area contributed by atoms with E-state index in [1.165, 1.54) is 0 Å². The van der Waals surface area contributed by atoms with Crippen molar-refractivity contribution in [3.05, 3.63) is 12.7 Å². The lowest BCUT2D eigenvalue weighted by molar-refractivity contribution is -0.122. The molecule has 0 aromatic rings. The predicted octanol–water partition coefficient (Wildman–Crippen LogP) is 0.805. The Bertz CT molecular complexity index is 227. The molecule has 0 aromatic carbocycles. The Kier molecular flexibility index (Phi) is 7.01. The molecule has 0 aliphatic rings. The third-order valence-electron chi connectivity index (χ3n) is 2.51. The van der Waals surface area contributed by atoms with E-state index in [1.807, 2.05) is 0 Å². The molecule has 0 rings (SSSR count). The highest BCUT2D eigenvalue weighted by Crippen LogP contribution is 2.20. The van der Waals surface area contributed by atoms with E-state index in [4.69, 9.17) is 10.8 Å². The second-order valence-electron chi connectivity index (χ2n) is 4.84. The monoisotopic (exact) mass is 228 g/mol. The predicted molar refractivity (Wildman–Crippen MR) is 65.9 cm³/mol. The van der Waals surface area contributed by atoms with Gasteiger partial charge in [0.1, 0.15) is 0 Å². The fraction of sp³-hybridized carbons (Fsp3) is 0.750. The second kappa shape index (κ2) is 7.41. The number of hydrogen-bond donors (Lipinski definition) is 3. The molecule has 1 atom stereocenters. The number of hydrogen-bond acceptors (Lipinski definition) is 3. The molecule has 4 N–H and O–H groups in total. The standard InChI is InChI=1S/C12H24N2O2/c1-4-6-10(13)11(16)14-9-12(2,3)7-5-8-15/h4,10,15H,1,5-9,13H2,2-3H3,(H,14,16). The van der Waals surface area contributed by atoms with Crippen LogP contribution in [0.15, 0.2) is 12.7 Å². The van der Waals surface area contributed by atoms with Gasteiger partial charge in [0, 0.05) is 13.2 Å². The Morgan fingerprint density at radius 1 is 1.62 bits per heavy atom.